The van der Waals surface area contributed by atoms with Crippen molar-refractivity contribution < 1.29 is 0 Å². The van der Waals surface area contributed by atoms with Crippen molar-refractivity contribution in [2.24, 2.45) is 0 Å². The number of para-hydroxylation sites is 1. The van der Waals surface area contributed by atoms with Crippen LogP contribution < -0.4 is 10.2 Å². The van der Waals surface area contributed by atoms with Crippen molar-refractivity contribution in [3.05, 3.63) is 29.3 Å². The summed E-state index contributed by atoms with van der Waals surface area (Å²) < 4.78 is 0. The molecule has 78 valence electrons. The minimum atomic E-state index is 0.758. The molecular formula is C13H16N2. The zero-order valence-corrected chi connectivity index (χ0v) is 8.87. The van der Waals surface area contributed by atoms with Crippen LogP contribution in [0.4, 0.5) is 5.69 Å². The van der Waals surface area contributed by atoms with E-state index in [4.69, 9.17) is 0 Å². The number of anilines is 1. The van der Waals surface area contributed by atoms with Gasteiger partial charge in [0.25, 0.3) is 0 Å². The largest absolute Gasteiger partial charge is 0.367 e. The Kier molecular flexibility index (Phi) is 1.50. The second kappa shape index (κ2) is 2.76. The molecule has 1 aromatic rings. The summed E-state index contributed by atoms with van der Waals surface area (Å²) in [5.41, 5.74) is 4.79. The fourth-order valence-electron chi connectivity index (χ4n) is 3.68. The molecule has 0 amide bonds. The molecule has 1 fully saturated rings. The molecule has 0 aromatic heterocycles. The summed E-state index contributed by atoms with van der Waals surface area (Å²) in [7, 11) is 0. The molecule has 4 rings (SSSR count). The highest BCUT2D eigenvalue weighted by Gasteiger charge is 2.42. The van der Waals surface area contributed by atoms with Gasteiger partial charge in [-0.05, 0) is 30.5 Å². The number of fused-ring (bicyclic) bond motifs is 3. The predicted octanol–water partition coefficient (Wildman–Crippen LogP) is 1.51. The van der Waals surface area contributed by atoms with Gasteiger partial charge >= 0.3 is 0 Å². The van der Waals surface area contributed by atoms with E-state index in [1.165, 1.54) is 32.5 Å². The zero-order valence-electron chi connectivity index (χ0n) is 8.87. The fourth-order valence-corrected chi connectivity index (χ4v) is 3.68. The smallest absolute Gasteiger partial charge is 0.0438 e. The molecule has 2 atom stereocenters. The number of nitrogens with one attached hydrogen (secondary N) is 1. The van der Waals surface area contributed by atoms with Crippen molar-refractivity contribution in [1.82, 2.24) is 5.32 Å². The average Bonchev–Trinajstić information content (AvgIpc) is 2.85. The van der Waals surface area contributed by atoms with E-state index in [9.17, 15) is 0 Å². The predicted molar refractivity (Wildman–Crippen MR) is 61.5 cm³/mol. The first-order valence-electron chi connectivity index (χ1n) is 6.04. The highest BCUT2D eigenvalue weighted by molar-refractivity contribution is 5.70. The quantitative estimate of drug-likeness (QED) is 0.683. The lowest BCUT2D eigenvalue weighted by Gasteiger charge is -2.32. The number of benzene rings is 1. The van der Waals surface area contributed by atoms with Gasteiger partial charge in [-0.15, -0.1) is 0 Å². The molecule has 1 aromatic carbocycles. The van der Waals surface area contributed by atoms with Crippen molar-refractivity contribution in [3.8, 4) is 0 Å². The summed E-state index contributed by atoms with van der Waals surface area (Å²) in [6, 6.07) is 7.69. The summed E-state index contributed by atoms with van der Waals surface area (Å²) in [6.07, 6.45) is 2.58. The van der Waals surface area contributed by atoms with Crippen LogP contribution in [0.2, 0.25) is 0 Å². The Morgan fingerprint density at radius 3 is 3.33 bits per heavy atom. The van der Waals surface area contributed by atoms with E-state index in [1.54, 1.807) is 16.8 Å². The first-order valence-corrected chi connectivity index (χ1v) is 6.04. The van der Waals surface area contributed by atoms with Crippen molar-refractivity contribution in [2.45, 2.75) is 24.8 Å². The molecule has 0 radical (unpaired) electrons. The molecule has 0 unspecified atom stereocenters. The summed E-state index contributed by atoms with van der Waals surface area (Å²) in [5, 5.41) is 3.53. The fraction of sp³-hybridized carbons (Fsp3) is 0.538. The van der Waals surface area contributed by atoms with Gasteiger partial charge in [-0.1, -0.05) is 18.2 Å². The van der Waals surface area contributed by atoms with Gasteiger partial charge in [0.15, 0.2) is 0 Å². The Bertz CT molecular complexity index is 413. The lowest BCUT2D eigenvalue weighted by molar-refractivity contribution is 0.405. The van der Waals surface area contributed by atoms with E-state index in [0.717, 1.165) is 12.0 Å². The second-order valence-corrected chi connectivity index (χ2v) is 4.97. The van der Waals surface area contributed by atoms with E-state index in [2.05, 4.69) is 28.4 Å². The SMILES string of the molecule is c1cc2c3c(c1)[C@@H]1CNCC[C@@H]1N3CC2. The Morgan fingerprint density at radius 1 is 1.33 bits per heavy atom. The standard InChI is InChI=1S/C13H16N2/c1-2-9-5-7-15-12-4-6-14-8-11(12)10(3-1)13(9)15/h1-3,11-12,14H,4-8H2/t11-,12-/m0/s1. The monoisotopic (exact) mass is 200 g/mol. The van der Waals surface area contributed by atoms with Crippen LogP contribution in [0.1, 0.15) is 23.5 Å². The maximum Gasteiger partial charge on any atom is 0.0438 e. The third-order valence-corrected chi connectivity index (χ3v) is 4.31. The minimum Gasteiger partial charge on any atom is -0.367 e. The van der Waals surface area contributed by atoms with Crippen molar-refractivity contribution in [2.75, 3.05) is 24.5 Å². The summed E-state index contributed by atoms with van der Waals surface area (Å²) in [6.45, 7) is 3.63. The molecule has 2 heteroatoms. The van der Waals surface area contributed by atoms with E-state index in [0.29, 0.717) is 0 Å². The van der Waals surface area contributed by atoms with E-state index < -0.39 is 0 Å². The van der Waals surface area contributed by atoms with Crippen molar-refractivity contribution >= 4 is 5.69 Å². The van der Waals surface area contributed by atoms with Crippen LogP contribution in [0.25, 0.3) is 0 Å². The van der Waals surface area contributed by atoms with Gasteiger partial charge in [0.1, 0.15) is 0 Å². The van der Waals surface area contributed by atoms with Crippen molar-refractivity contribution in [3.63, 3.8) is 0 Å². The second-order valence-electron chi connectivity index (χ2n) is 4.97. The van der Waals surface area contributed by atoms with Crippen LogP contribution in [-0.4, -0.2) is 25.7 Å². The highest BCUT2D eigenvalue weighted by Crippen LogP contribution is 2.47. The molecule has 0 aliphatic carbocycles. The Morgan fingerprint density at radius 2 is 2.33 bits per heavy atom. The van der Waals surface area contributed by atoms with Crippen LogP contribution >= 0.6 is 0 Å². The molecule has 3 heterocycles. The molecule has 2 nitrogen and oxygen atoms in total. The zero-order chi connectivity index (χ0) is 9.83. The molecule has 0 spiro atoms. The van der Waals surface area contributed by atoms with Gasteiger partial charge in [-0.3, -0.25) is 0 Å². The molecule has 3 aliphatic rings. The van der Waals surface area contributed by atoms with Crippen molar-refractivity contribution in [1.29, 1.82) is 0 Å². The maximum atomic E-state index is 3.53. The van der Waals surface area contributed by atoms with Gasteiger partial charge in [0, 0.05) is 30.7 Å². The minimum absolute atomic E-state index is 0.758. The maximum absolute atomic E-state index is 3.53. The molecule has 1 saturated heterocycles. The molecule has 0 bridgehead atoms. The van der Waals surface area contributed by atoms with Crippen LogP contribution in [0, 0.1) is 0 Å². The molecule has 3 aliphatic heterocycles. The number of piperidine rings is 1. The number of rotatable bonds is 0. The Hall–Kier alpha value is -1.02. The van der Waals surface area contributed by atoms with Gasteiger partial charge in [0.05, 0.1) is 0 Å². The molecule has 1 N–H and O–H groups in total. The van der Waals surface area contributed by atoms with Crippen LogP contribution in [0.15, 0.2) is 18.2 Å². The highest BCUT2D eigenvalue weighted by atomic mass is 15.2. The lowest BCUT2D eigenvalue weighted by atomic mass is 9.89. The Labute approximate surface area is 90.3 Å². The van der Waals surface area contributed by atoms with Crippen LogP contribution in [-0.2, 0) is 6.42 Å². The third-order valence-electron chi connectivity index (χ3n) is 4.31. The first kappa shape index (κ1) is 8.17. The third kappa shape index (κ3) is 0.932. The van der Waals surface area contributed by atoms with Gasteiger partial charge in [-0.25, -0.2) is 0 Å². The van der Waals surface area contributed by atoms with Gasteiger partial charge < -0.3 is 10.2 Å². The summed E-state index contributed by atoms with van der Waals surface area (Å²) in [4.78, 5) is 2.68. The van der Waals surface area contributed by atoms with E-state index in [1.807, 2.05) is 0 Å². The Balaban J connectivity index is 1.91. The molecule has 15 heavy (non-hydrogen) atoms. The summed E-state index contributed by atoms with van der Waals surface area (Å²) in [5.74, 6) is 0.758. The lowest BCUT2D eigenvalue weighted by Crippen LogP contribution is -2.43. The molecule has 0 saturated carbocycles. The van der Waals surface area contributed by atoms with E-state index in [-0.39, 0.29) is 0 Å². The summed E-state index contributed by atoms with van der Waals surface area (Å²) >= 11 is 0. The van der Waals surface area contributed by atoms with Gasteiger partial charge in [0.2, 0.25) is 0 Å². The first-order chi connectivity index (χ1) is 7.45. The van der Waals surface area contributed by atoms with Gasteiger partial charge in [-0.2, -0.15) is 0 Å². The van der Waals surface area contributed by atoms with Crippen LogP contribution in [0.3, 0.4) is 0 Å². The average molecular weight is 200 g/mol. The number of hydrogen-bond donors (Lipinski definition) is 1. The number of nitrogens with zero attached hydrogens (tertiary/aromatic N) is 1. The topological polar surface area (TPSA) is 15.3 Å². The number of hydrogen-bond acceptors (Lipinski definition) is 2. The normalized spacial score (nSPS) is 31.6. The molecular weight excluding hydrogens is 184 g/mol. The van der Waals surface area contributed by atoms with E-state index >= 15 is 0 Å². The van der Waals surface area contributed by atoms with Crippen LogP contribution in [0.5, 0.6) is 0 Å².